The van der Waals surface area contributed by atoms with Gasteiger partial charge in [-0.1, -0.05) is 0 Å². The highest BCUT2D eigenvalue weighted by Gasteiger charge is 2.20. The Morgan fingerprint density at radius 3 is 2.58 bits per heavy atom. The van der Waals surface area contributed by atoms with Crippen LogP contribution in [0, 0.1) is 0 Å². The zero-order valence-electron chi connectivity index (χ0n) is 20.7. The van der Waals surface area contributed by atoms with E-state index in [9.17, 15) is 14.4 Å². The molecule has 0 bridgehead atoms. The molecule has 1 aliphatic rings. The second-order valence-electron chi connectivity index (χ2n) is 8.12. The lowest BCUT2D eigenvalue weighted by Crippen LogP contribution is -2.41. The molecule has 1 aromatic heterocycles. The monoisotopic (exact) mass is 519 g/mol. The standard InChI is InChI=1S/C24H33N5O6S/c1-33-12-11-29(23(32)18-3-5-20(34-2)6-4-18)16-22(31)27-24-26-19(17-36-24)15-21(30)25-7-8-28-9-13-35-14-10-28/h3-6,17H,7-16H2,1-2H3,(H,25,30)(H,26,27,31). The van der Waals surface area contributed by atoms with E-state index in [0.717, 1.165) is 32.8 Å². The molecule has 36 heavy (non-hydrogen) atoms. The second-order valence-corrected chi connectivity index (χ2v) is 8.98. The van der Waals surface area contributed by atoms with Crippen molar-refractivity contribution in [3.63, 3.8) is 0 Å². The molecule has 0 atom stereocenters. The Kier molecular flexibility index (Phi) is 11.1. The number of rotatable bonds is 13. The third-order valence-electron chi connectivity index (χ3n) is 5.52. The van der Waals surface area contributed by atoms with Crippen molar-refractivity contribution in [2.24, 2.45) is 0 Å². The van der Waals surface area contributed by atoms with Crippen LogP contribution in [0.15, 0.2) is 29.6 Å². The molecule has 2 heterocycles. The second kappa shape index (κ2) is 14.5. The molecule has 196 valence electrons. The van der Waals surface area contributed by atoms with Gasteiger partial charge in [-0.15, -0.1) is 11.3 Å². The highest BCUT2D eigenvalue weighted by atomic mass is 32.1. The number of carbonyl (C=O) groups is 3. The summed E-state index contributed by atoms with van der Waals surface area (Å²) in [6, 6.07) is 6.69. The van der Waals surface area contributed by atoms with Gasteiger partial charge in [-0.25, -0.2) is 4.98 Å². The summed E-state index contributed by atoms with van der Waals surface area (Å²) in [5, 5.41) is 7.73. The van der Waals surface area contributed by atoms with Gasteiger partial charge in [0, 0.05) is 50.8 Å². The van der Waals surface area contributed by atoms with Crippen molar-refractivity contribution < 1.29 is 28.6 Å². The van der Waals surface area contributed by atoms with Gasteiger partial charge in [-0.05, 0) is 24.3 Å². The Hall–Kier alpha value is -3.06. The minimum absolute atomic E-state index is 0.123. The van der Waals surface area contributed by atoms with Crippen LogP contribution < -0.4 is 15.4 Å². The van der Waals surface area contributed by atoms with E-state index in [1.807, 2.05) is 0 Å². The molecule has 1 fully saturated rings. The molecule has 0 spiro atoms. The molecule has 0 saturated carbocycles. The van der Waals surface area contributed by atoms with E-state index in [-0.39, 0.29) is 43.8 Å². The molecule has 0 aliphatic carbocycles. The van der Waals surface area contributed by atoms with Crippen LogP contribution in [0.4, 0.5) is 5.13 Å². The van der Waals surface area contributed by atoms with E-state index in [4.69, 9.17) is 14.2 Å². The lowest BCUT2D eigenvalue weighted by atomic mass is 10.2. The number of amides is 3. The fourth-order valence-corrected chi connectivity index (χ4v) is 4.28. The Morgan fingerprint density at radius 1 is 1.14 bits per heavy atom. The van der Waals surface area contributed by atoms with Gasteiger partial charge < -0.3 is 29.7 Å². The smallest absolute Gasteiger partial charge is 0.254 e. The summed E-state index contributed by atoms with van der Waals surface area (Å²) in [5.41, 5.74) is 1.01. The zero-order chi connectivity index (χ0) is 25.8. The molecule has 3 rings (SSSR count). The van der Waals surface area contributed by atoms with Crippen molar-refractivity contribution in [2.75, 3.05) is 78.6 Å². The average molecular weight is 520 g/mol. The first-order chi connectivity index (χ1) is 17.5. The lowest BCUT2D eigenvalue weighted by molar-refractivity contribution is -0.120. The minimum atomic E-state index is -0.385. The van der Waals surface area contributed by atoms with Gasteiger partial charge >= 0.3 is 0 Å². The van der Waals surface area contributed by atoms with E-state index < -0.39 is 0 Å². The third kappa shape index (κ3) is 8.86. The summed E-state index contributed by atoms with van der Waals surface area (Å²) in [6.45, 7) is 4.92. The molecular weight excluding hydrogens is 486 g/mol. The highest BCUT2D eigenvalue weighted by molar-refractivity contribution is 7.13. The molecule has 12 heteroatoms. The number of ether oxygens (including phenoxy) is 3. The minimum Gasteiger partial charge on any atom is -0.497 e. The zero-order valence-corrected chi connectivity index (χ0v) is 21.5. The van der Waals surface area contributed by atoms with E-state index >= 15 is 0 Å². The number of anilines is 1. The number of carbonyl (C=O) groups excluding carboxylic acids is 3. The summed E-state index contributed by atoms with van der Waals surface area (Å²) in [6.07, 6.45) is 0.130. The summed E-state index contributed by atoms with van der Waals surface area (Å²) < 4.78 is 15.5. The van der Waals surface area contributed by atoms with E-state index in [1.165, 1.54) is 23.3 Å². The van der Waals surface area contributed by atoms with Gasteiger partial charge in [-0.3, -0.25) is 19.3 Å². The normalized spacial score (nSPS) is 13.7. The maximum atomic E-state index is 12.9. The lowest BCUT2D eigenvalue weighted by Gasteiger charge is -2.26. The number of thiazole rings is 1. The van der Waals surface area contributed by atoms with Crippen molar-refractivity contribution in [3.8, 4) is 5.75 Å². The molecule has 2 N–H and O–H groups in total. The van der Waals surface area contributed by atoms with Crippen molar-refractivity contribution in [1.29, 1.82) is 0 Å². The number of benzene rings is 1. The topological polar surface area (TPSA) is 122 Å². The number of methoxy groups -OCH3 is 2. The molecule has 3 amide bonds. The molecule has 1 aromatic carbocycles. The molecule has 1 aliphatic heterocycles. The predicted molar refractivity (Wildman–Crippen MR) is 135 cm³/mol. The van der Waals surface area contributed by atoms with Crippen LogP contribution in [-0.2, 0) is 25.5 Å². The number of hydrogen-bond acceptors (Lipinski definition) is 9. The Bertz CT molecular complexity index is 993. The quantitative estimate of drug-likeness (QED) is 0.400. The molecule has 0 radical (unpaired) electrons. The fraction of sp³-hybridized carbons (Fsp3) is 0.500. The molecular formula is C24H33N5O6S. The summed E-state index contributed by atoms with van der Waals surface area (Å²) in [4.78, 5) is 45.8. The number of hydrogen-bond donors (Lipinski definition) is 2. The largest absolute Gasteiger partial charge is 0.497 e. The van der Waals surface area contributed by atoms with Crippen LogP contribution in [0.3, 0.4) is 0 Å². The van der Waals surface area contributed by atoms with Gasteiger partial charge in [0.1, 0.15) is 12.3 Å². The van der Waals surface area contributed by atoms with E-state index in [2.05, 4.69) is 20.5 Å². The predicted octanol–water partition coefficient (Wildman–Crippen LogP) is 0.870. The van der Waals surface area contributed by atoms with Crippen LogP contribution in [0.1, 0.15) is 16.1 Å². The van der Waals surface area contributed by atoms with Crippen LogP contribution >= 0.6 is 11.3 Å². The van der Waals surface area contributed by atoms with Crippen molar-refractivity contribution >= 4 is 34.2 Å². The van der Waals surface area contributed by atoms with Crippen LogP contribution in [0.2, 0.25) is 0 Å². The van der Waals surface area contributed by atoms with E-state index in [0.29, 0.717) is 28.7 Å². The van der Waals surface area contributed by atoms with E-state index in [1.54, 1.807) is 36.8 Å². The number of nitrogens with zero attached hydrogens (tertiary/aromatic N) is 3. The first kappa shape index (κ1) is 27.5. The van der Waals surface area contributed by atoms with Crippen LogP contribution in [0.25, 0.3) is 0 Å². The maximum Gasteiger partial charge on any atom is 0.254 e. The van der Waals surface area contributed by atoms with Gasteiger partial charge in [-0.2, -0.15) is 0 Å². The summed E-state index contributed by atoms with van der Waals surface area (Å²) in [5.74, 6) is -0.164. The first-order valence-electron chi connectivity index (χ1n) is 11.7. The Labute approximate surface area is 214 Å². The van der Waals surface area contributed by atoms with Gasteiger partial charge in [0.15, 0.2) is 5.13 Å². The number of morpholine rings is 1. The van der Waals surface area contributed by atoms with Gasteiger partial charge in [0.05, 0.1) is 39.0 Å². The Morgan fingerprint density at radius 2 is 1.89 bits per heavy atom. The summed E-state index contributed by atoms with van der Waals surface area (Å²) in [7, 11) is 3.08. The number of aromatic nitrogens is 1. The molecule has 11 nitrogen and oxygen atoms in total. The Balaban J connectivity index is 1.47. The van der Waals surface area contributed by atoms with Crippen molar-refractivity contribution in [3.05, 3.63) is 40.9 Å². The SMILES string of the molecule is COCCN(CC(=O)Nc1nc(CC(=O)NCCN2CCOCC2)cs1)C(=O)c1ccc(OC)cc1. The van der Waals surface area contributed by atoms with Crippen LogP contribution in [-0.4, -0.2) is 106 Å². The average Bonchev–Trinajstić information content (AvgIpc) is 3.33. The molecule has 1 saturated heterocycles. The maximum absolute atomic E-state index is 12.9. The van der Waals surface area contributed by atoms with Gasteiger partial charge in [0.2, 0.25) is 11.8 Å². The summed E-state index contributed by atoms with van der Waals surface area (Å²) >= 11 is 1.23. The van der Waals surface area contributed by atoms with Gasteiger partial charge in [0.25, 0.3) is 5.91 Å². The fourth-order valence-electron chi connectivity index (χ4n) is 3.55. The van der Waals surface area contributed by atoms with Crippen LogP contribution in [0.5, 0.6) is 5.75 Å². The van der Waals surface area contributed by atoms with Crippen molar-refractivity contribution in [1.82, 2.24) is 20.1 Å². The highest BCUT2D eigenvalue weighted by Crippen LogP contribution is 2.17. The van der Waals surface area contributed by atoms with Crippen molar-refractivity contribution in [2.45, 2.75) is 6.42 Å². The first-order valence-corrected chi connectivity index (χ1v) is 12.6. The number of nitrogens with one attached hydrogen (secondary N) is 2. The third-order valence-corrected chi connectivity index (χ3v) is 6.32. The molecule has 0 unspecified atom stereocenters. The molecule has 2 aromatic rings.